The molecule has 1 aliphatic heterocycles. The second-order valence-corrected chi connectivity index (χ2v) is 7.53. The van der Waals surface area contributed by atoms with E-state index >= 15 is 0 Å². The molecule has 1 saturated heterocycles. The van der Waals surface area contributed by atoms with Crippen LogP contribution in [0.25, 0.3) is 10.4 Å². The standard InChI is InChI=1S/C16H29N5O2/c1-16(2,3)23-15(22)21-10-8-20(9-11-21)14-7-5-4-6-13(14)12-18-19-17/h13-14H,4-12H2,1-3H3. The first-order chi connectivity index (χ1) is 10.9. The predicted molar refractivity (Wildman–Crippen MR) is 89.1 cm³/mol. The normalized spacial score (nSPS) is 26.5. The van der Waals surface area contributed by atoms with Crippen molar-refractivity contribution in [2.24, 2.45) is 11.0 Å². The van der Waals surface area contributed by atoms with Crippen molar-refractivity contribution in [3.05, 3.63) is 10.4 Å². The van der Waals surface area contributed by atoms with Gasteiger partial charge in [-0.05, 0) is 45.1 Å². The minimum Gasteiger partial charge on any atom is -0.444 e. The van der Waals surface area contributed by atoms with Gasteiger partial charge in [-0.15, -0.1) is 0 Å². The average Bonchev–Trinajstić information content (AvgIpc) is 2.52. The molecule has 2 aliphatic rings. The lowest BCUT2D eigenvalue weighted by atomic mass is 9.83. The Morgan fingerprint density at radius 2 is 1.87 bits per heavy atom. The van der Waals surface area contributed by atoms with Crippen molar-refractivity contribution in [1.29, 1.82) is 0 Å². The maximum Gasteiger partial charge on any atom is 0.410 e. The summed E-state index contributed by atoms with van der Waals surface area (Å²) in [6.07, 6.45) is 4.55. The Hall–Kier alpha value is -1.46. The monoisotopic (exact) mass is 323 g/mol. The zero-order valence-electron chi connectivity index (χ0n) is 14.6. The SMILES string of the molecule is CC(C)(C)OC(=O)N1CCN(C2CCCCC2CN=[N+]=[N-])CC1. The van der Waals surface area contributed by atoms with Gasteiger partial charge in [0.05, 0.1) is 0 Å². The van der Waals surface area contributed by atoms with E-state index in [9.17, 15) is 4.79 Å². The van der Waals surface area contributed by atoms with Crippen molar-refractivity contribution >= 4 is 6.09 Å². The van der Waals surface area contributed by atoms with Crippen molar-refractivity contribution in [3.63, 3.8) is 0 Å². The molecule has 130 valence electrons. The highest BCUT2D eigenvalue weighted by Crippen LogP contribution is 2.29. The van der Waals surface area contributed by atoms with Crippen LogP contribution >= 0.6 is 0 Å². The lowest BCUT2D eigenvalue weighted by molar-refractivity contribution is 0.00340. The highest BCUT2D eigenvalue weighted by molar-refractivity contribution is 5.68. The van der Waals surface area contributed by atoms with Crippen LogP contribution in [0.2, 0.25) is 0 Å². The van der Waals surface area contributed by atoms with Crippen LogP contribution in [0.1, 0.15) is 46.5 Å². The van der Waals surface area contributed by atoms with Gasteiger partial charge < -0.3 is 9.64 Å². The van der Waals surface area contributed by atoms with E-state index in [4.69, 9.17) is 10.3 Å². The molecule has 2 atom stereocenters. The lowest BCUT2D eigenvalue weighted by Gasteiger charge is -2.44. The minimum atomic E-state index is -0.446. The van der Waals surface area contributed by atoms with Crippen molar-refractivity contribution in [2.75, 3.05) is 32.7 Å². The molecule has 0 aromatic rings. The summed E-state index contributed by atoms with van der Waals surface area (Å²) in [6.45, 7) is 9.43. The van der Waals surface area contributed by atoms with Gasteiger partial charge in [0.15, 0.2) is 0 Å². The molecule has 7 nitrogen and oxygen atoms in total. The maximum atomic E-state index is 12.1. The predicted octanol–water partition coefficient (Wildman–Crippen LogP) is 3.41. The quantitative estimate of drug-likeness (QED) is 0.453. The summed E-state index contributed by atoms with van der Waals surface area (Å²) in [7, 11) is 0. The zero-order valence-corrected chi connectivity index (χ0v) is 14.6. The van der Waals surface area contributed by atoms with E-state index in [2.05, 4.69) is 14.9 Å². The molecule has 2 fully saturated rings. The summed E-state index contributed by atoms with van der Waals surface area (Å²) in [5.74, 6) is 0.452. The summed E-state index contributed by atoms with van der Waals surface area (Å²) in [5, 5.41) is 3.79. The van der Waals surface area contributed by atoms with E-state index in [-0.39, 0.29) is 6.09 Å². The molecule has 23 heavy (non-hydrogen) atoms. The first-order valence-corrected chi connectivity index (χ1v) is 8.63. The van der Waals surface area contributed by atoms with Gasteiger partial charge in [0.25, 0.3) is 0 Å². The van der Waals surface area contributed by atoms with Crippen molar-refractivity contribution in [2.45, 2.75) is 58.1 Å². The van der Waals surface area contributed by atoms with Crippen molar-refractivity contribution in [1.82, 2.24) is 9.80 Å². The van der Waals surface area contributed by atoms with E-state index < -0.39 is 5.60 Å². The van der Waals surface area contributed by atoms with Gasteiger partial charge in [0, 0.05) is 43.7 Å². The summed E-state index contributed by atoms with van der Waals surface area (Å²) in [4.78, 5) is 19.3. The molecule has 2 rings (SSSR count). The highest BCUT2D eigenvalue weighted by atomic mass is 16.6. The zero-order chi connectivity index (χ0) is 16.9. The van der Waals surface area contributed by atoms with Gasteiger partial charge >= 0.3 is 6.09 Å². The topological polar surface area (TPSA) is 81.5 Å². The first kappa shape index (κ1) is 17.9. The maximum absolute atomic E-state index is 12.1. The van der Waals surface area contributed by atoms with Crippen LogP contribution in [0, 0.1) is 5.92 Å². The van der Waals surface area contributed by atoms with Gasteiger partial charge in [-0.2, -0.15) is 0 Å². The van der Waals surface area contributed by atoms with Crippen molar-refractivity contribution in [3.8, 4) is 0 Å². The first-order valence-electron chi connectivity index (χ1n) is 8.63. The molecule has 1 heterocycles. The minimum absolute atomic E-state index is 0.216. The number of azide groups is 1. The molecule has 1 amide bonds. The second-order valence-electron chi connectivity index (χ2n) is 7.53. The molecule has 0 aromatic carbocycles. The molecule has 0 aromatic heterocycles. The Morgan fingerprint density at radius 1 is 1.22 bits per heavy atom. The third kappa shape index (κ3) is 5.29. The van der Waals surface area contributed by atoms with E-state index in [1.54, 1.807) is 4.90 Å². The number of carbonyl (C=O) groups is 1. The van der Waals surface area contributed by atoms with E-state index in [1.807, 2.05) is 20.8 Å². The van der Waals surface area contributed by atoms with Gasteiger partial charge in [0.2, 0.25) is 0 Å². The molecule has 0 bridgehead atoms. The fraction of sp³-hybridized carbons (Fsp3) is 0.938. The average molecular weight is 323 g/mol. The molecule has 2 unspecified atom stereocenters. The lowest BCUT2D eigenvalue weighted by Crippen LogP contribution is -2.55. The van der Waals surface area contributed by atoms with Gasteiger partial charge in [-0.3, -0.25) is 4.90 Å². The highest BCUT2D eigenvalue weighted by Gasteiger charge is 2.33. The van der Waals surface area contributed by atoms with Gasteiger partial charge in [-0.25, -0.2) is 4.79 Å². The van der Waals surface area contributed by atoms with E-state index in [0.29, 0.717) is 31.6 Å². The Labute approximate surface area is 138 Å². The Kier molecular flexibility index (Phi) is 6.13. The van der Waals surface area contributed by atoms with Crippen LogP contribution in [-0.2, 0) is 4.74 Å². The van der Waals surface area contributed by atoms with Crippen LogP contribution < -0.4 is 0 Å². The number of ether oxygens (including phenoxy) is 1. The Morgan fingerprint density at radius 3 is 2.48 bits per heavy atom. The number of carbonyl (C=O) groups excluding carboxylic acids is 1. The summed E-state index contributed by atoms with van der Waals surface area (Å²) >= 11 is 0. The summed E-state index contributed by atoms with van der Waals surface area (Å²) < 4.78 is 5.45. The number of hydrogen-bond acceptors (Lipinski definition) is 4. The largest absolute Gasteiger partial charge is 0.444 e. The molecule has 0 N–H and O–H groups in total. The van der Waals surface area contributed by atoms with Crippen LogP contribution in [0.5, 0.6) is 0 Å². The van der Waals surface area contributed by atoms with Gasteiger partial charge in [0.1, 0.15) is 5.60 Å². The summed E-state index contributed by atoms with van der Waals surface area (Å²) in [5.41, 5.74) is 8.12. The van der Waals surface area contributed by atoms with Crippen LogP contribution in [-0.4, -0.2) is 60.3 Å². The fourth-order valence-corrected chi connectivity index (χ4v) is 3.59. The Balaban J connectivity index is 1.87. The van der Waals surface area contributed by atoms with Gasteiger partial charge in [-0.1, -0.05) is 18.0 Å². The number of rotatable bonds is 3. The second kappa shape index (κ2) is 7.88. The van der Waals surface area contributed by atoms with Crippen LogP contribution in [0.3, 0.4) is 0 Å². The van der Waals surface area contributed by atoms with E-state index in [0.717, 1.165) is 25.9 Å². The number of nitrogens with zero attached hydrogens (tertiary/aromatic N) is 5. The smallest absolute Gasteiger partial charge is 0.410 e. The number of amides is 1. The molecular weight excluding hydrogens is 294 g/mol. The molecule has 7 heteroatoms. The third-order valence-corrected chi connectivity index (χ3v) is 4.68. The molecule has 1 aliphatic carbocycles. The molecule has 0 radical (unpaired) electrons. The number of piperazine rings is 1. The molecule has 0 spiro atoms. The third-order valence-electron chi connectivity index (χ3n) is 4.68. The van der Waals surface area contributed by atoms with Crippen molar-refractivity contribution < 1.29 is 9.53 Å². The molecular formula is C16H29N5O2. The van der Waals surface area contributed by atoms with E-state index in [1.165, 1.54) is 12.8 Å². The van der Waals surface area contributed by atoms with Crippen LogP contribution in [0.4, 0.5) is 4.79 Å². The fourth-order valence-electron chi connectivity index (χ4n) is 3.59. The van der Waals surface area contributed by atoms with Crippen LogP contribution in [0.15, 0.2) is 5.11 Å². The number of hydrogen-bond donors (Lipinski definition) is 0. The summed E-state index contributed by atoms with van der Waals surface area (Å²) in [6, 6.07) is 0.482. The Bertz CT molecular complexity index is 448. The molecule has 1 saturated carbocycles.